The molecule has 186 valence electrons. The van der Waals surface area contributed by atoms with Crippen LogP contribution in [-0.2, 0) is 14.3 Å². The molecule has 4 fully saturated rings. The van der Waals surface area contributed by atoms with Crippen LogP contribution in [0.5, 0.6) is 0 Å². The van der Waals surface area contributed by atoms with Crippen molar-refractivity contribution in [1.29, 1.82) is 10.8 Å². The highest BCUT2D eigenvalue weighted by Gasteiger charge is 2.75. The molecule has 4 aliphatic heterocycles. The number of guanidine groups is 2. The third-order valence-corrected chi connectivity index (χ3v) is 7.20. The van der Waals surface area contributed by atoms with Crippen molar-refractivity contribution < 1.29 is 29.3 Å². The molecule has 4 saturated heterocycles. The largest absolute Gasteiger partial charge is 0.451 e. The summed E-state index contributed by atoms with van der Waals surface area (Å²) in [6.07, 6.45) is -1.44. The molecule has 4 atom stereocenters. The number of carbonyl (C=O) groups excluding carboxylic acids is 3. The molecule has 0 unspecified atom stereocenters. The van der Waals surface area contributed by atoms with E-state index < -0.39 is 41.0 Å². The molecule has 4 heterocycles. The van der Waals surface area contributed by atoms with Crippen molar-refractivity contribution in [3.05, 3.63) is 35.9 Å². The molecule has 7 N–H and O–H groups in total. The summed E-state index contributed by atoms with van der Waals surface area (Å²) in [6, 6.07) is 6.23. The third-order valence-electron chi connectivity index (χ3n) is 7.20. The van der Waals surface area contributed by atoms with Crippen molar-refractivity contribution in [2.45, 2.75) is 49.9 Å². The maximum absolute atomic E-state index is 12.8. The summed E-state index contributed by atoms with van der Waals surface area (Å²) in [5, 5.41) is 47.9. The molecule has 1 aromatic carbocycles. The van der Waals surface area contributed by atoms with Gasteiger partial charge in [-0.15, -0.1) is 0 Å². The van der Waals surface area contributed by atoms with Crippen LogP contribution in [0.1, 0.15) is 30.6 Å². The number of rotatable bonds is 4. The Bertz CT molecular complexity index is 1140. The van der Waals surface area contributed by atoms with Gasteiger partial charge >= 0.3 is 5.97 Å². The fourth-order valence-electron chi connectivity index (χ4n) is 5.45. The van der Waals surface area contributed by atoms with Crippen molar-refractivity contribution >= 4 is 29.7 Å². The Hall–Kier alpha value is -3.71. The molecular formula is C22H27N7O6. The highest BCUT2D eigenvalue weighted by Crippen LogP contribution is 2.44. The van der Waals surface area contributed by atoms with E-state index in [0.29, 0.717) is 0 Å². The fourth-order valence-corrected chi connectivity index (χ4v) is 5.45. The van der Waals surface area contributed by atoms with Crippen LogP contribution in [0.15, 0.2) is 30.3 Å². The first-order chi connectivity index (χ1) is 16.4. The number of carbonyl (C=O) groups is 3. The molecule has 4 aliphatic rings. The minimum Gasteiger partial charge on any atom is -0.451 e. The summed E-state index contributed by atoms with van der Waals surface area (Å²) in [5.41, 5.74) is -2.52. The maximum atomic E-state index is 12.8. The lowest BCUT2D eigenvalue weighted by atomic mass is 9.85. The second-order valence-electron chi connectivity index (χ2n) is 9.95. The van der Waals surface area contributed by atoms with Crippen LogP contribution < -0.4 is 16.0 Å². The maximum Gasteiger partial charge on any atom is 0.338 e. The van der Waals surface area contributed by atoms with Crippen molar-refractivity contribution in [2.75, 3.05) is 13.1 Å². The number of nitrogens with zero attached hydrogens (tertiary/aromatic N) is 2. The van der Waals surface area contributed by atoms with E-state index >= 15 is 0 Å². The first-order valence-electron chi connectivity index (χ1n) is 11.2. The number of hydrogen-bond acceptors (Lipinski definition) is 8. The van der Waals surface area contributed by atoms with E-state index in [2.05, 4.69) is 16.0 Å². The van der Waals surface area contributed by atoms with Crippen LogP contribution in [0.2, 0.25) is 0 Å². The first kappa shape index (κ1) is 23.1. The van der Waals surface area contributed by atoms with Crippen molar-refractivity contribution in [2.24, 2.45) is 5.41 Å². The zero-order chi connectivity index (χ0) is 25.3. The van der Waals surface area contributed by atoms with Crippen LogP contribution >= 0.6 is 0 Å². The Morgan fingerprint density at radius 1 is 1.17 bits per heavy atom. The molecular weight excluding hydrogens is 458 g/mol. The Morgan fingerprint density at radius 3 is 2.49 bits per heavy atom. The van der Waals surface area contributed by atoms with Gasteiger partial charge in [0.1, 0.15) is 0 Å². The van der Waals surface area contributed by atoms with Gasteiger partial charge in [-0.05, 0) is 12.1 Å². The van der Waals surface area contributed by atoms with Gasteiger partial charge in [-0.3, -0.25) is 25.3 Å². The number of ether oxygens (including phenoxy) is 1. The Morgan fingerprint density at radius 2 is 1.86 bits per heavy atom. The number of esters is 1. The van der Waals surface area contributed by atoms with Gasteiger partial charge in [0.15, 0.2) is 23.7 Å². The normalized spacial score (nSPS) is 32.5. The van der Waals surface area contributed by atoms with Crippen molar-refractivity contribution in [3.8, 4) is 0 Å². The monoisotopic (exact) mass is 485 g/mol. The molecule has 0 aliphatic carbocycles. The Balaban J connectivity index is 1.46. The summed E-state index contributed by atoms with van der Waals surface area (Å²) >= 11 is 0. The molecule has 1 aromatic rings. The molecule has 5 rings (SSSR count). The third kappa shape index (κ3) is 3.18. The van der Waals surface area contributed by atoms with Gasteiger partial charge in [-0.25, -0.2) is 4.79 Å². The first-order valence-corrected chi connectivity index (χ1v) is 11.2. The van der Waals surface area contributed by atoms with E-state index in [9.17, 15) is 24.6 Å². The standard InChI is InChI=1S/C22H27N7O6/c1-20(2)8-14(30)28(17(20)32)9-12-15-21(27-18(23)26-15)22(33,34)13(10-29(21)19(24)25-12)35-16(31)11-6-4-3-5-7-11/h3-7,12-13,15,33-34H,8-10H2,1-2H3,(H2,24,25)(H3,23,26,27)/t12-,13-,15-,21-/m0/s1. The van der Waals surface area contributed by atoms with Gasteiger partial charge in [0.05, 0.1) is 36.2 Å². The molecule has 0 radical (unpaired) electrons. The topological polar surface area (TPSA) is 191 Å². The summed E-state index contributed by atoms with van der Waals surface area (Å²) in [5.74, 6) is -4.74. The predicted octanol–water partition coefficient (Wildman–Crippen LogP) is -1.91. The van der Waals surface area contributed by atoms with Crippen LogP contribution in [0.3, 0.4) is 0 Å². The summed E-state index contributed by atoms with van der Waals surface area (Å²) < 4.78 is 5.46. The SMILES string of the molecule is CC1(C)CC(=O)N(C[C@@H]2NC(=N)N3C[C@H](OC(=O)c4ccccc4)C(O)(O)[C@@]34NC(=N)N[C@@H]24)C1=O. The lowest BCUT2D eigenvalue weighted by Gasteiger charge is -2.51. The van der Waals surface area contributed by atoms with E-state index in [1.807, 2.05) is 0 Å². The molecule has 2 amide bonds. The summed E-state index contributed by atoms with van der Waals surface area (Å²) in [4.78, 5) is 40.4. The number of likely N-dealkylation sites (tertiary alicyclic amines) is 1. The van der Waals surface area contributed by atoms with Crippen LogP contribution in [0.25, 0.3) is 0 Å². The number of imide groups is 1. The van der Waals surface area contributed by atoms with Crippen molar-refractivity contribution in [3.63, 3.8) is 0 Å². The number of benzene rings is 1. The lowest BCUT2D eigenvalue weighted by molar-refractivity contribution is -0.258. The van der Waals surface area contributed by atoms with Crippen LogP contribution in [-0.4, -0.2) is 92.4 Å². The minimum absolute atomic E-state index is 0.0425. The average Bonchev–Trinajstić information content (AvgIpc) is 3.33. The Kier molecular flexibility index (Phi) is 4.87. The van der Waals surface area contributed by atoms with Crippen LogP contribution in [0, 0.1) is 16.2 Å². The van der Waals surface area contributed by atoms with E-state index in [1.54, 1.807) is 32.0 Å². The van der Waals surface area contributed by atoms with Gasteiger partial charge < -0.3 is 35.8 Å². The number of aliphatic hydroxyl groups is 2. The van der Waals surface area contributed by atoms with E-state index in [1.165, 1.54) is 17.0 Å². The molecule has 1 spiro atoms. The Labute approximate surface area is 200 Å². The number of hydrogen-bond donors (Lipinski definition) is 7. The highest BCUT2D eigenvalue weighted by molar-refractivity contribution is 6.05. The van der Waals surface area contributed by atoms with E-state index in [-0.39, 0.29) is 48.8 Å². The van der Waals surface area contributed by atoms with E-state index in [4.69, 9.17) is 15.6 Å². The van der Waals surface area contributed by atoms with Gasteiger partial charge in [0, 0.05) is 6.42 Å². The van der Waals surface area contributed by atoms with Gasteiger partial charge in [0.2, 0.25) is 17.6 Å². The predicted molar refractivity (Wildman–Crippen MR) is 120 cm³/mol. The molecule has 13 nitrogen and oxygen atoms in total. The zero-order valence-electron chi connectivity index (χ0n) is 19.2. The second kappa shape index (κ2) is 7.39. The number of amides is 2. The van der Waals surface area contributed by atoms with Gasteiger partial charge in [-0.2, -0.15) is 0 Å². The van der Waals surface area contributed by atoms with Crippen LogP contribution in [0.4, 0.5) is 0 Å². The molecule has 13 heteroatoms. The minimum atomic E-state index is -2.75. The average molecular weight is 486 g/mol. The lowest BCUT2D eigenvalue weighted by Crippen LogP contribution is -2.81. The summed E-state index contributed by atoms with van der Waals surface area (Å²) in [6.45, 7) is 2.94. The van der Waals surface area contributed by atoms with Gasteiger partial charge in [-0.1, -0.05) is 32.0 Å². The quantitative estimate of drug-likeness (QED) is 0.144. The molecule has 0 bridgehead atoms. The van der Waals surface area contributed by atoms with Crippen molar-refractivity contribution in [1.82, 2.24) is 25.8 Å². The fraction of sp³-hybridized carbons (Fsp3) is 0.500. The smallest absolute Gasteiger partial charge is 0.338 e. The molecule has 35 heavy (non-hydrogen) atoms. The second-order valence-corrected chi connectivity index (χ2v) is 9.95. The summed E-state index contributed by atoms with van der Waals surface area (Å²) in [7, 11) is 0. The molecule has 0 aromatic heterocycles. The van der Waals surface area contributed by atoms with Gasteiger partial charge in [0.25, 0.3) is 0 Å². The highest BCUT2D eigenvalue weighted by atomic mass is 16.6. The zero-order valence-corrected chi connectivity index (χ0v) is 19.2. The number of nitrogens with one attached hydrogen (secondary N) is 5. The molecule has 0 saturated carbocycles. The van der Waals surface area contributed by atoms with E-state index in [0.717, 1.165) is 4.90 Å².